The lowest BCUT2D eigenvalue weighted by atomic mass is 10.2. The van der Waals surface area contributed by atoms with Crippen LogP contribution >= 0.6 is 0 Å². The molecule has 0 radical (unpaired) electrons. The molecule has 7 heteroatoms. The molecule has 0 spiro atoms. The predicted octanol–water partition coefficient (Wildman–Crippen LogP) is 2.14. The third-order valence-corrected chi connectivity index (χ3v) is 3.01. The van der Waals surface area contributed by atoms with E-state index >= 15 is 0 Å². The maximum absolute atomic E-state index is 13.5. The molecule has 0 unspecified atom stereocenters. The first-order chi connectivity index (χ1) is 8.94. The lowest BCUT2D eigenvalue weighted by Crippen LogP contribution is -2.11. The highest BCUT2D eigenvalue weighted by Gasteiger charge is 2.08. The van der Waals surface area contributed by atoms with Crippen molar-refractivity contribution in [2.75, 3.05) is 16.3 Å². The van der Waals surface area contributed by atoms with Gasteiger partial charge in [0.2, 0.25) is 10.0 Å². The topological polar surface area (TPSA) is 74.0 Å². The van der Waals surface area contributed by atoms with Crippen molar-refractivity contribution in [1.29, 1.82) is 0 Å². The van der Waals surface area contributed by atoms with Gasteiger partial charge in [0.05, 0.1) is 11.9 Å². The molecular formula is C12H14FN3O2S. The molecule has 0 atom stereocenters. The Hall–Kier alpha value is -2.02. The third kappa shape index (κ3) is 3.99. The SMILES string of the molecule is CS(=O)(=O)Nc1cc(NCc2cc[nH]c2)ccc1F. The Bertz CT molecular complexity index is 654. The molecule has 0 amide bonds. The number of benzene rings is 1. The second-order valence-electron chi connectivity index (χ2n) is 4.14. The molecule has 1 aromatic heterocycles. The number of halogens is 1. The Balaban J connectivity index is 2.12. The number of rotatable bonds is 5. The van der Waals surface area contributed by atoms with Crippen LogP contribution in [-0.2, 0) is 16.6 Å². The molecule has 0 fully saturated rings. The van der Waals surface area contributed by atoms with Crippen LogP contribution in [0.3, 0.4) is 0 Å². The smallest absolute Gasteiger partial charge is 0.229 e. The van der Waals surface area contributed by atoms with Gasteiger partial charge in [0.15, 0.2) is 0 Å². The highest BCUT2D eigenvalue weighted by Crippen LogP contribution is 2.21. The fourth-order valence-electron chi connectivity index (χ4n) is 1.59. The van der Waals surface area contributed by atoms with Crippen LogP contribution in [0.2, 0.25) is 0 Å². The van der Waals surface area contributed by atoms with E-state index in [-0.39, 0.29) is 5.69 Å². The summed E-state index contributed by atoms with van der Waals surface area (Å²) in [5.41, 5.74) is 1.61. The van der Waals surface area contributed by atoms with Crippen LogP contribution < -0.4 is 10.0 Å². The fourth-order valence-corrected chi connectivity index (χ4v) is 2.14. The number of H-pyrrole nitrogens is 1. The molecule has 0 saturated heterocycles. The monoisotopic (exact) mass is 283 g/mol. The van der Waals surface area contributed by atoms with Crippen molar-refractivity contribution in [2.24, 2.45) is 0 Å². The quantitative estimate of drug-likeness (QED) is 0.787. The fraction of sp³-hybridized carbons (Fsp3) is 0.167. The van der Waals surface area contributed by atoms with Gasteiger partial charge >= 0.3 is 0 Å². The Morgan fingerprint density at radius 1 is 1.32 bits per heavy atom. The van der Waals surface area contributed by atoms with Gasteiger partial charge in [-0.15, -0.1) is 0 Å². The van der Waals surface area contributed by atoms with E-state index < -0.39 is 15.8 Å². The second-order valence-corrected chi connectivity index (χ2v) is 5.89. The lowest BCUT2D eigenvalue weighted by molar-refractivity contribution is 0.604. The van der Waals surface area contributed by atoms with Crippen LogP contribution in [0.1, 0.15) is 5.56 Å². The van der Waals surface area contributed by atoms with Gasteiger partial charge < -0.3 is 10.3 Å². The zero-order chi connectivity index (χ0) is 13.9. The van der Waals surface area contributed by atoms with Crippen LogP contribution in [0, 0.1) is 5.82 Å². The summed E-state index contributed by atoms with van der Waals surface area (Å²) >= 11 is 0. The maximum Gasteiger partial charge on any atom is 0.229 e. The van der Waals surface area contributed by atoms with Gasteiger partial charge in [-0.25, -0.2) is 12.8 Å². The van der Waals surface area contributed by atoms with Crippen LogP contribution in [0.25, 0.3) is 0 Å². The van der Waals surface area contributed by atoms with Gasteiger partial charge in [0.1, 0.15) is 5.82 Å². The van der Waals surface area contributed by atoms with E-state index in [2.05, 4.69) is 15.0 Å². The van der Waals surface area contributed by atoms with Crippen molar-refractivity contribution < 1.29 is 12.8 Å². The molecule has 102 valence electrons. The molecule has 0 aliphatic heterocycles. The summed E-state index contributed by atoms with van der Waals surface area (Å²) < 4.78 is 37.8. The summed E-state index contributed by atoms with van der Waals surface area (Å²) in [5.74, 6) is -0.613. The predicted molar refractivity (Wildman–Crippen MR) is 73.0 cm³/mol. The third-order valence-electron chi connectivity index (χ3n) is 2.42. The van der Waals surface area contributed by atoms with Gasteiger partial charge in [-0.3, -0.25) is 4.72 Å². The molecule has 1 heterocycles. The average Bonchev–Trinajstić information content (AvgIpc) is 2.81. The standard InChI is InChI=1S/C12H14FN3O2S/c1-19(17,18)16-12-6-10(2-3-11(12)13)15-8-9-4-5-14-7-9/h2-7,14-16H,8H2,1H3. The van der Waals surface area contributed by atoms with Crippen molar-refractivity contribution in [2.45, 2.75) is 6.54 Å². The Labute approximate surface area is 110 Å². The molecular weight excluding hydrogens is 269 g/mol. The molecule has 2 aromatic rings. The highest BCUT2D eigenvalue weighted by molar-refractivity contribution is 7.92. The Morgan fingerprint density at radius 3 is 2.74 bits per heavy atom. The van der Waals surface area contributed by atoms with Gasteiger partial charge in [-0.05, 0) is 29.8 Å². The molecule has 19 heavy (non-hydrogen) atoms. The van der Waals surface area contributed by atoms with E-state index in [1.807, 2.05) is 12.3 Å². The summed E-state index contributed by atoms with van der Waals surface area (Å²) in [6, 6.07) is 6.09. The molecule has 3 N–H and O–H groups in total. The van der Waals surface area contributed by atoms with Gasteiger partial charge in [0, 0.05) is 24.6 Å². The minimum Gasteiger partial charge on any atom is -0.381 e. The van der Waals surface area contributed by atoms with Crippen LogP contribution in [0.4, 0.5) is 15.8 Å². The average molecular weight is 283 g/mol. The minimum absolute atomic E-state index is 0.0680. The number of aromatic nitrogens is 1. The first-order valence-corrected chi connectivity index (χ1v) is 7.46. The number of nitrogens with one attached hydrogen (secondary N) is 3. The summed E-state index contributed by atoms with van der Waals surface area (Å²) in [7, 11) is -3.50. The molecule has 0 saturated carbocycles. The van der Waals surface area contributed by atoms with Crippen molar-refractivity contribution in [3.63, 3.8) is 0 Å². The van der Waals surface area contributed by atoms with E-state index in [0.717, 1.165) is 11.8 Å². The molecule has 1 aromatic carbocycles. The highest BCUT2D eigenvalue weighted by atomic mass is 32.2. The van der Waals surface area contributed by atoms with Crippen LogP contribution in [0.5, 0.6) is 0 Å². The van der Waals surface area contributed by atoms with Crippen LogP contribution in [0.15, 0.2) is 36.7 Å². The van der Waals surface area contributed by atoms with Gasteiger partial charge in [-0.1, -0.05) is 0 Å². The van der Waals surface area contributed by atoms with Crippen molar-refractivity contribution in [3.05, 3.63) is 48.0 Å². The molecule has 0 aliphatic rings. The van der Waals surface area contributed by atoms with E-state index in [0.29, 0.717) is 12.2 Å². The summed E-state index contributed by atoms with van der Waals surface area (Å²) in [6.07, 6.45) is 4.62. The second kappa shape index (κ2) is 5.31. The van der Waals surface area contributed by atoms with E-state index in [9.17, 15) is 12.8 Å². The summed E-state index contributed by atoms with van der Waals surface area (Å²) in [4.78, 5) is 2.93. The summed E-state index contributed by atoms with van der Waals surface area (Å²) in [5, 5.41) is 3.08. The van der Waals surface area contributed by atoms with Crippen molar-refractivity contribution in [1.82, 2.24) is 4.98 Å². The molecule has 2 rings (SSSR count). The zero-order valence-corrected chi connectivity index (χ0v) is 11.1. The summed E-state index contributed by atoms with van der Waals surface area (Å²) in [6.45, 7) is 0.563. The normalized spacial score (nSPS) is 11.3. The zero-order valence-electron chi connectivity index (χ0n) is 10.3. The number of sulfonamides is 1. The van der Waals surface area contributed by atoms with E-state index in [1.54, 1.807) is 12.3 Å². The molecule has 0 aliphatic carbocycles. The van der Waals surface area contributed by atoms with Crippen molar-refractivity contribution in [3.8, 4) is 0 Å². The number of aromatic amines is 1. The number of hydrogen-bond donors (Lipinski definition) is 3. The lowest BCUT2D eigenvalue weighted by Gasteiger charge is -2.09. The Kier molecular flexibility index (Phi) is 3.75. The minimum atomic E-state index is -3.50. The van der Waals surface area contributed by atoms with Crippen LogP contribution in [-0.4, -0.2) is 19.7 Å². The van der Waals surface area contributed by atoms with Gasteiger partial charge in [0.25, 0.3) is 0 Å². The van der Waals surface area contributed by atoms with Crippen molar-refractivity contribution >= 4 is 21.4 Å². The molecule has 0 bridgehead atoms. The number of anilines is 2. The first kappa shape index (κ1) is 13.4. The first-order valence-electron chi connectivity index (χ1n) is 5.57. The largest absolute Gasteiger partial charge is 0.381 e. The Morgan fingerprint density at radius 2 is 2.11 bits per heavy atom. The number of hydrogen-bond acceptors (Lipinski definition) is 3. The maximum atomic E-state index is 13.5. The van der Waals surface area contributed by atoms with E-state index in [4.69, 9.17) is 0 Å². The molecule has 5 nitrogen and oxygen atoms in total. The van der Waals surface area contributed by atoms with Gasteiger partial charge in [-0.2, -0.15) is 0 Å². The van der Waals surface area contributed by atoms with E-state index in [1.165, 1.54) is 12.1 Å².